The third kappa shape index (κ3) is 1.71. The average molecular weight is 191 g/mol. The minimum absolute atomic E-state index is 0.0776. The Balaban J connectivity index is 2.28. The van der Waals surface area contributed by atoms with Crippen molar-refractivity contribution in [1.29, 1.82) is 0 Å². The SMILES string of the molecule is CCCc1ccc2c(c1)NC(=O)CO2. The molecule has 0 saturated heterocycles. The predicted octanol–water partition coefficient (Wildman–Crippen LogP) is 1.97. The molecule has 1 aromatic carbocycles. The second kappa shape index (κ2) is 3.70. The van der Waals surface area contributed by atoms with Crippen molar-refractivity contribution in [3.8, 4) is 5.75 Å². The van der Waals surface area contributed by atoms with Gasteiger partial charge in [-0.15, -0.1) is 0 Å². The monoisotopic (exact) mass is 191 g/mol. The van der Waals surface area contributed by atoms with Crippen LogP contribution in [0.1, 0.15) is 18.9 Å². The topological polar surface area (TPSA) is 38.3 Å². The minimum atomic E-state index is -0.0776. The zero-order valence-corrected chi connectivity index (χ0v) is 8.17. The summed E-state index contributed by atoms with van der Waals surface area (Å²) in [5.41, 5.74) is 2.03. The van der Waals surface area contributed by atoms with E-state index in [1.165, 1.54) is 5.56 Å². The summed E-state index contributed by atoms with van der Waals surface area (Å²) in [5, 5.41) is 2.79. The van der Waals surface area contributed by atoms with Gasteiger partial charge in [0.15, 0.2) is 6.61 Å². The molecule has 0 fully saturated rings. The fourth-order valence-electron chi connectivity index (χ4n) is 1.57. The lowest BCUT2D eigenvalue weighted by Crippen LogP contribution is -2.25. The van der Waals surface area contributed by atoms with Gasteiger partial charge in [0.25, 0.3) is 5.91 Å². The maximum Gasteiger partial charge on any atom is 0.262 e. The number of anilines is 1. The van der Waals surface area contributed by atoms with E-state index >= 15 is 0 Å². The molecule has 1 aromatic rings. The van der Waals surface area contributed by atoms with E-state index in [0.29, 0.717) is 0 Å². The van der Waals surface area contributed by atoms with Gasteiger partial charge in [-0.1, -0.05) is 19.4 Å². The average Bonchev–Trinajstić information content (AvgIpc) is 2.17. The molecule has 3 nitrogen and oxygen atoms in total. The van der Waals surface area contributed by atoms with Gasteiger partial charge in [0.2, 0.25) is 0 Å². The van der Waals surface area contributed by atoms with Crippen LogP contribution in [0.25, 0.3) is 0 Å². The third-order valence-electron chi connectivity index (χ3n) is 2.22. The Kier molecular flexibility index (Phi) is 2.39. The van der Waals surface area contributed by atoms with E-state index in [9.17, 15) is 4.79 Å². The lowest BCUT2D eigenvalue weighted by atomic mass is 10.1. The number of benzene rings is 1. The molecule has 2 rings (SSSR count). The number of amides is 1. The van der Waals surface area contributed by atoms with Gasteiger partial charge < -0.3 is 10.1 Å². The van der Waals surface area contributed by atoms with Gasteiger partial charge in [-0.3, -0.25) is 4.79 Å². The third-order valence-corrected chi connectivity index (χ3v) is 2.22. The Morgan fingerprint density at radius 1 is 1.50 bits per heavy atom. The van der Waals surface area contributed by atoms with Crippen LogP contribution in [0, 0.1) is 0 Å². The lowest BCUT2D eigenvalue weighted by Gasteiger charge is -2.18. The standard InChI is InChI=1S/C11H13NO2/c1-2-3-8-4-5-10-9(6-8)12-11(13)7-14-10/h4-6H,2-3,7H2,1H3,(H,12,13). The first-order chi connectivity index (χ1) is 6.79. The Morgan fingerprint density at radius 2 is 2.36 bits per heavy atom. The summed E-state index contributed by atoms with van der Waals surface area (Å²) in [7, 11) is 0. The van der Waals surface area contributed by atoms with Crippen LogP contribution >= 0.6 is 0 Å². The van der Waals surface area contributed by atoms with Crippen LogP contribution in [0.4, 0.5) is 5.69 Å². The first-order valence-electron chi connectivity index (χ1n) is 4.85. The van der Waals surface area contributed by atoms with Crippen LogP contribution in [0.15, 0.2) is 18.2 Å². The Hall–Kier alpha value is -1.51. The fraction of sp³-hybridized carbons (Fsp3) is 0.364. The fourth-order valence-corrected chi connectivity index (χ4v) is 1.57. The summed E-state index contributed by atoms with van der Waals surface area (Å²) < 4.78 is 5.26. The molecule has 1 aliphatic rings. The van der Waals surface area contributed by atoms with Crippen LogP contribution in [0.5, 0.6) is 5.75 Å². The largest absolute Gasteiger partial charge is 0.482 e. The summed E-state index contributed by atoms with van der Waals surface area (Å²) in [6.07, 6.45) is 2.14. The van der Waals surface area contributed by atoms with E-state index in [2.05, 4.69) is 12.2 Å². The van der Waals surface area contributed by atoms with E-state index in [0.717, 1.165) is 24.3 Å². The summed E-state index contributed by atoms with van der Waals surface area (Å²) in [4.78, 5) is 11.1. The van der Waals surface area contributed by atoms with Gasteiger partial charge in [0, 0.05) is 0 Å². The van der Waals surface area contributed by atoms with Gasteiger partial charge in [0.05, 0.1) is 5.69 Å². The van der Waals surface area contributed by atoms with Crippen molar-refractivity contribution in [3.05, 3.63) is 23.8 Å². The Morgan fingerprint density at radius 3 is 3.14 bits per heavy atom. The number of ether oxygens (including phenoxy) is 1. The molecule has 3 heteroatoms. The van der Waals surface area contributed by atoms with Crippen molar-refractivity contribution >= 4 is 11.6 Å². The molecule has 1 aliphatic heterocycles. The van der Waals surface area contributed by atoms with Gasteiger partial charge in [-0.25, -0.2) is 0 Å². The number of carbonyl (C=O) groups excluding carboxylic acids is 1. The summed E-state index contributed by atoms with van der Waals surface area (Å²) >= 11 is 0. The summed E-state index contributed by atoms with van der Waals surface area (Å²) in [5.74, 6) is 0.690. The maximum atomic E-state index is 11.1. The zero-order chi connectivity index (χ0) is 9.97. The van der Waals surface area contributed by atoms with E-state index < -0.39 is 0 Å². The molecule has 0 radical (unpaired) electrons. The molecular formula is C11H13NO2. The molecule has 0 bridgehead atoms. The van der Waals surface area contributed by atoms with E-state index in [4.69, 9.17) is 4.74 Å². The highest BCUT2D eigenvalue weighted by atomic mass is 16.5. The molecule has 0 atom stereocenters. The normalized spacial score (nSPS) is 14.2. The number of hydrogen-bond donors (Lipinski definition) is 1. The molecule has 1 N–H and O–H groups in total. The number of carbonyl (C=O) groups is 1. The molecule has 0 saturated carbocycles. The van der Waals surface area contributed by atoms with E-state index in [1.807, 2.05) is 18.2 Å². The highest BCUT2D eigenvalue weighted by Gasteiger charge is 2.15. The van der Waals surface area contributed by atoms with Crippen molar-refractivity contribution in [2.24, 2.45) is 0 Å². The summed E-state index contributed by atoms with van der Waals surface area (Å²) in [6, 6.07) is 5.94. The van der Waals surface area contributed by atoms with Crippen LogP contribution in [-0.4, -0.2) is 12.5 Å². The van der Waals surface area contributed by atoms with Gasteiger partial charge in [0.1, 0.15) is 5.75 Å². The molecule has 1 heterocycles. The second-order valence-electron chi connectivity index (χ2n) is 3.42. The van der Waals surface area contributed by atoms with Crippen molar-refractivity contribution in [2.45, 2.75) is 19.8 Å². The molecular weight excluding hydrogens is 178 g/mol. The van der Waals surface area contributed by atoms with Crippen molar-refractivity contribution in [2.75, 3.05) is 11.9 Å². The van der Waals surface area contributed by atoms with Crippen LogP contribution in [-0.2, 0) is 11.2 Å². The van der Waals surface area contributed by atoms with Crippen LogP contribution in [0.3, 0.4) is 0 Å². The van der Waals surface area contributed by atoms with Gasteiger partial charge >= 0.3 is 0 Å². The molecule has 14 heavy (non-hydrogen) atoms. The van der Waals surface area contributed by atoms with Crippen molar-refractivity contribution in [3.63, 3.8) is 0 Å². The molecule has 0 spiro atoms. The first-order valence-corrected chi connectivity index (χ1v) is 4.85. The van der Waals surface area contributed by atoms with Gasteiger partial charge in [-0.2, -0.15) is 0 Å². The molecule has 1 amide bonds. The number of fused-ring (bicyclic) bond motifs is 1. The Bertz CT molecular complexity index is 360. The zero-order valence-electron chi connectivity index (χ0n) is 8.17. The number of rotatable bonds is 2. The van der Waals surface area contributed by atoms with Crippen LogP contribution < -0.4 is 10.1 Å². The van der Waals surface area contributed by atoms with E-state index in [1.54, 1.807) is 0 Å². The predicted molar refractivity (Wildman–Crippen MR) is 54.6 cm³/mol. The smallest absolute Gasteiger partial charge is 0.262 e. The van der Waals surface area contributed by atoms with Crippen molar-refractivity contribution < 1.29 is 9.53 Å². The second-order valence-corrected chi connectivity index (χ2v) is 3.42. The lowest BCUT2D eigenvalue weighted by molar-refractivity contribution is -0.118. The maximum absolute atomic E-state index is 11.1. The molecule has 74 valence electrons. The quantitative estimate of drug-likeness (QED) is 0.776. The van der Waals surface area contributed by atoms with E-state index in [-0.39, 0.29) is 12.5 Å². The van der Waals surface area contributed by atoms with Crippen molar-refractivity contribution in [1.82, 2.24) is 0 Å². The highest BCUT2D eigenvalue weighted by Crippen LogP contribution is 2.28. The summed E-state index contributed by atoms with van der Waals surface area (Å²) in [6.45, 7) is 2.26. The molecule has 0 unspecified atom stereocenters. The highest BCUT2D eigenvalue weighted by molar-refractivity contribution is 5.95. The van der Waals surface area contributed by atoms with Crippen LogP contribution in [0.2, 0.25) is 0 Å². The number of nitrogens with one attached hydrogen (secondary N) is 1. The molecule has 0 aromatic heterocycles. The Labute approximate surface area is 83.1 Å². The van der Waals surface area contributed by atoms with Gasteiger partial charge in [-0.05, 0) is 24.1 Å². The molecule has 0 aliphatic carbocycles. The number of aryl methyl sites for hydroxylation is 1. The minimum Gasteiger partial charge on any atom is -0.482 e. The first kappa shape index (κ1) is 9.06. The number of hydrogen-bond acceptors (Lipinski definition) is 2.